The molecule has 0 saturated carbocycles. The second-order valence-electron chi connectivity index (χ2n) is 5.17. The van der Waals surface area contributed by atoms with E-state index in [1.165, 1.54) is 4.90 Å². The first-order valence-electron chi connectivity index (χ1n) is 7.60. The Morgan fingerprint density at radius 1 is 1.26 bits per heavy atom. The zero-order chi connectivity index (χ0) is 17.0. The second kappa shape index (κ2) is 7.55. The maximum absolute atomic E-state index is 12.1. The van der Waals surface area contributed by atoms with E-state index in [0.29, 0.717) is 22.9 Å². The topological polar surface area (TPSA) is 55.8 Å². The maximum atomic E-state index is 12.1. The Hall–Kier alpha value is -1.95. The second-order valence-corrected chi connectivity index (χ2v) is 6.17. The molecule has 1 aliphatic rings. The largest absolute Gasteiger partial charge is 0.493 e. The lowest BCUT2D eigenvalue weighted by atomic mass is 10.1. The molecule has 1 saturated heterocycles. The van der Waals surface area contributed by atoms with Crippen molar-refractivity contribution >= 4 is 29.0 Å². The van der Waals surface area contributed by atoms with E-state index in [-0.39, 0.29) is 17.3 Å². The smallest absolute Gasteiger partial charge is 0.293 e. The number of methoxy groups -OCH3 is 1. The van der Waals surface area contributed by atoms with Gasteiger partial charge in [0.25, 0.3) is 11.1 Å². The van der Waals surface area contributed by atoms with Crippen LogP contribution in [0.5, 0.6) is 11.5 Å². The molecule has 0 aliphatic carbocycles. The van der Waals surface area contributed by atoms with E-state index in [1.807, 2.05) is 19.1 Å². The van der Waals surface area contributed by atoms with Gasteiger partial charge in [-0.2, -0.15) is 0 Å². The van der Waals surface area contributed by atoms with Gasteiger partial charge in [-0.25, -0.2) is 0 Å². The Balaban J connectivity index is 2.26. The molecule has 1 aromatic carbocycles. The number of likely N-dealkylation sites (N-methyl/N-ethyl adjacent to an activating group) is 1. The van der Waals surface area contributed by atoms with E-state index < -0.39 is 0 Å². The molecule has 124 valence electrons. The summed E-state index contributed by atoms with van der Waals surface area (Å²) in [6, 6.07) is 5.47. The van der Waals surface area contributed by atoms with Gasteiger partial charge in [0.15, 0.2) is 11.5 Å². The molecule has 1 heterocycles. The van der Waals surface area contributed by atoms with Crippen LogP contribution in [0.2, 0.25) is 0 Å². The highest BCUT2D eigenvalue weighted by Gasteiger charge is 2.33. The minimum absolute atomic E-state index is 0.0933. The molecule has 0 spiro atoms. The van der Waals surface area contributed by atoms with E-state index in [0.717, 1.165) is 23.7 Å². The van der Waals surface area contributed by atoms with Crippen LogP contribution < -0.4 is 9.47 Å². The molecular formula is C17H21NO4S. The van der Waals surface area contributed by atoms with E-state index in [4.69, 9.17) is 9.47 Å². The third-order valence-corrected chi connectivity index (χ3v) is 4.49. The zero-order valence-electron chi connectivity index (χ0n) is 13.8. The van der Waals surface area contributed by atoms with Gasteiger partial charge >= 0.3 is 0 Å². The third-order valence-electron chi connectivity index (χ3n) is 3.58. The van der Waals surface area contributed by atoms with Crippen molar-refractivity contribution in [3.63, 3.8) is 0 Å². The third kappa shape index (κ3) is 3.88. The fourth-order valence-corrected chi connectivity index (χ4v) is 3.00. The van der Waals surface area contributed by atoms with Crippen LogP contribution in [0.25, 0.3) is 6.08 Å². The normalized spacial score (nSPS) is 17.7. The Morgan fingerprint density at radius 3 is 2.57 bits per heavy atom. The number of amides is 2. The van der Waals surface area contributed by atoms with Crippen LogP contribution in [-0.2, 0) is 4.79 Å². The highest BCUT2D eigenvalue weighted by Crippen LogP contribution is 2.34. The number of rotatable bonds is 6. The fourth-order valence-electron chi connectivity index (χ4n) is 2.10. The van der Waals surface area contributed by atoms with Crippen molar-refractivity contribution in [3.05, 3.63) is 28.7 Å². The minimum Gasteiger partial charge on any atom is -0.493 e. The average molecular weight is 335 g/mol. The maximum Gasteiger partial charge on any atom is 0.293 e. The summed E-state index contributed by atoms with van der Waals surface area (Å²) in [5.74, 6) is 1.02. The van der Waals surface area contributed by atoms with Gasteiger partial charge in [0, 0.05) is 6.54 Å². The first kappa shape index (κ1) is 17.4. The average Bonchev–Trinajstić information content (AvgIpc) is 2.81. The summed E-state index contributed by atoms with van der Waals surface area (Å²) in [5, 5.41) is -0.229. The van der Waals surface area contributed by atoms with Crippen molar-refractivity contribution in [3.8, 4) is 11.5 Å². The summed E-state index contributed by atoms with van der Waals surface area (Å²) in [4.78, 5) is 25.5. The van der Waals surface area contributed by atoms with E-state index in [9.17, 15) is 9.59 Å². The number of ether oxygens (including phenoxy) is 2. The number of hydrogen-bond donors (Lipinski definition) is 0. The summed E-state index contributed by atoms with van der Waals surface area (Å²) in [7, 11) is 1.58. The predicted octanol–water partition coefficient (Wildman–Crippen LogP) is 3.93. The number of benzene rings is 1. The molecular weight excluding hydrogens is 314 g/mol. The Labute approximate surface area is 140 Å². The molecule has 0 N–H and O–H groups in total. The quantitative estimate of drug-likeness (QED) is 0.737. The number of nitrogens with zero attached hydrogens (tertiary/aromatic N) is 1. The Morgan fingerprint density at radius 2 is 2.00 bits per heavy atom. The molecule has 2 rings (SSSR count). The van der Waals surface area contributed by atoms with Crippen LogP contribution in [-0.4, -0.2) is 35.8 Å². The predicted molar refractivity (Wildman–Crippen MR) is 91.7 cm³/mol. The molecule has 5 nitrogen and oxygen atoms in total. The van der Waals surface area contributed by atoms with Crippen molar-refractivity contribution in [2.45, 2.75) is 33.3 Å². The van der Waals surface area contributed by atoms with Gasteiger partial charge in [-0.15, -0.1) is 0 Å². The number of carbonyl (C=O) groups excluding carboxylic acids is 2. The fraction of sp³-hybridized carbons (Fsp3) is 0.412. The molecule has 1 aliphatic heterocycles. The van der Waals surface area contributed by atoms with Gasteiger partial charge < -0.3 is 9.47 Å². The van der Waals surface area contributed by atoms with Gasteiger partial charge in [0.2, 0.25) is 0 Å². The monoisotopic (exact) mass is 335 g/mol. The number of carbonyl (C=O) groups is 2. The first-order chi connectivity index (χ1) is 11.0. The van der Waals surface area contributed by atoms with Gasteiger partial charge in [0.1, 0.15) is 0 Å². The standard InChI is InChI=1S/C17H21NO4S/c1-5-11(3)22-13-8-7-12(9-14(13)21-4)10-15-16(19)18(6-2)17(20)23-15/h7-11H,5-6H2,1-4H3/b15-10-. The Kier molecular flexibility index (Phi) is 5.71. The molecule has 6 heteroatoms. The van der Waals surface area contributed by atoms with Crippen LogP contribution in [0.1, 0.15) is 32.8 Å². The summed E-state index contributed by atoms with van der Waals surface area (Å²) in [6.07, 6.45) is 2.70. The molecule has 23 heavy (non-hydrogen) atoms. The summed E-state index contributed by atoms with van der Waals surface area (Å²) < 4.78 is 11.2. The molecule has 2 amide bonds. The van der Waals surface area contributed by atoms with Crippen molar-refractivity contribution in [2.75, 3.05) is 13.7 Å². The van der Waals surface area contributed by atoms with Crippen molar-refractivity contribution in [1.29, 1.82) is 0 Å². The zero-order valence-corrected chi connectivity index (χ0v) is 14.6. The van der Waals surface area contributed by atoms with E-state index in [2.05, 4.69) is 6.92 Å². The molecule has 1 aromatic rings. The lowest BCUT2D eigenvalue weighted by Crippen LogP contribution is -2.27. The number of thioether (sulfide) groups is 1. The Bertz CT molecular complexity index is 641. The van der Waals surface area contributed by atoms with Crippen molar-refractivity contribution in [1.82, 2.24) is 4.90 Å². The van der Waals surface area contributed by atoms with Crippen LogP contribution in [0, 0.1) is 0 Å². The van der Waals surface area contributed by atoms with Gasteiger partial charge in [0.05, 0.1) is 18.1 Å². The van der Waals surface area contributed by atoms with Gasteiger partial charge in [-0.05, 0) is 55.8 Å². The summed E-state index contributed by atoms with van der Waals surface area (Å²) >= 11 is 0.960. The van der Waals surface area contributed by atoms with Crippen LogP contribution in [0.3, 0.4) is 0 Å². The highest BCUT2D eigenvalue weighted by atomic mass is 32.2. The number of imide groups is 1. The summed E-state index contributed by atoms with van der Waals surface area (Å²) in [6.45, 7) is 6.21. The lowest BCUT2D eigenvalue weighted by Gasteiger charge is -2.15. The van der Waals surface area contributed by atoms with Crippen LogP contribution >= 0.6 is 11.8 Å². The summed E-state index contributed by atoms with van der Waals surface area (Å²) in [5.41, 5.74) is 0.792. The molecule has 1 atom stereocenters. The van der Waals surface area contributed by atoms with Crippen LogP contribution in [0.4, 0.5) is 4.79 Å². The SMILES string of the molecule is CCC(C)Oc1ccc(/C=C2\SC(=O)N(CC)C2=O)cc1OC. The molecule has 0 bridgehead atoms. The first-order valence-corrected chi connectivity index (χ1v) is 8.41. The number of hydrogen-bond acceptors (Lipinski definition) is 5. The molecule has 0 aromatic heterocycles. The molecule has 1 unspecified atom stereocenters. The highest BCUT2D eigenvalue weighted by molar-refractivity contribution is 8.18. The minimum atomic E-state index is -0.249. The van der Waals surface area contributed by atoms with E-state index in [1.54, 1.807) is 26.2 Å². The molecule has 0 radical (unpaired) electrons. The molecule has 1 fully saturated rings. The van der Waals surface area contributed by atoms with Crippen molar-refractivity contribution in [2.24, 2.45) is 0 Å². The van der Waals surface area contributed by atoms with Crippen LogP contribution in [0.15, 0.2) is 23.1 Å². The van der Waals surface area contributed by atoms with Gasteiger partial charge in [-0.1, -0.05) is 13.0 Å². The lowest BCUT2D eigenvalue weighted by molar-refractivity contribution is -0.122. The van der Waals surface area contributed by atoms with Gasteiger partial charge in [-0.3, -0.25) is 14.5 Å². The van der Waals surface area contributed by atoms with E-state index >= 15 is 0 Å². The van der Waals surface area contributed by atoms with Crippen molar-refractivity contribution < 1.29 is 19.1 Å².